The molecule has 0 saturated carbocycles. The highest BCUT2D eigenvalue weighted by molar-refractivity contribution is 9.10. The Morgan fingerprint density at radius 2 is 1.93 bits per heavy atom. The van der Waals surface area contributed by atoms with E-state index in [1.165, 1.54) is 11.8 Å². The van der Waals surface area contributed by atoms with E-state index in [2.05, 4.69) is 20.9 Å². The first-order valence-electron chi connectivity index (χ1n) is 8.70. The fraction of sp³-hybridized carbons (Fsp3) is 0.263. The first-order chi connectivity index (χ1) is 13.7. The van der Waals surface area contributed by atoms with Gasteiger partial charge in [-0.1, -0.05) is 69.1 Å². The summed E-state index contributed by atoms with van der Waals surface area (Å²) in [5.41, 5.74) is 1.33. The third kappa shape index (κ3) is 4.51. The van der Waals surface area contributed by atoms with Gasteiger partial charge in [0.25, 0.3) is 5.91 Å². The van der Waals surface area contributed by atoms with Crippen molar-refractivity contribution in [1.29, 1.82) is 0 Å². The maximum Gasteiger partial charge on any atom is 0.252 e. The number of rotatable bonds is 3. The van der Waals surface area contributed by atoms with Crippen LogP contribution in [0, 0.1) is 0 Å². The molecule has 0 aliphatic carbocycles. The van der Waals surface area contributed by atoms with Gasteiger partial charge in [0.15, 0.2) is 15.0 Å². The first kappa shape index (κ1) is 21.2. The third-order valence-corrected chi connectivity index (χ3v) is 9.13. The zero-order valence-corrected chi connectivity index (χ0v) is 19.6. The molecule has 2 atom stereocenters. The molecular formula is C19H15BrCl2N2O3S2. The Morgan fingerprint density at radius 1 is 1.17 bits per heavy atom. The first-order valence-corrected chi connectivity index (χ1v) is 12.9. The van der Waals surface area contributed by atoms with Crippen LogP contribution in [0.5, 0.6) is 0 Å². The molecule has 2 aliphatic rings. The van der Waals surface area contributed by atoms with Crippen LogP contribution in [0.15, 0.2) is 51.9 Å². The molecule has 2 fully saturated rings. The fourth-order valence-corrected chi connectivity index (χ4v) is 8.36. The van der Waals surface area contributed by atoms with E-state index in [1.54, 1.807) is 35.2 Å². The van der Waals surface area contributed by atoms with E-state index in [1.807, 2.05) is 12.1 Å². The normalized spacial score (nSPS) is 24.1. The highest BCUT2D eigenvalue weighted by atomic mass is 79.9. The lowest BCUT2D eigenvalue weighted by Gasteiger charge is -2.25. The van der Waals surface area contributed by atoms with Gasteiger partial charge in [0, 0.05) is 14.7 Å². The molecule has 2 aromatic carbocycles. The topological polar surface area (TPSA) is 66.8 Å². The monoisotopic (exact) mass is 532 g/mol. The SMILES string of the molecule is O=C(Cc1ccccc1Cl)N=C1S[C@@H]2CS(=O)(=O)C[C@H]2N1c1ccc(Br)cc1Cl. The van der Waals surface area contributed by atoms with E-state index >= 15 is 0 Å². The number of amidine groups is 1. The molecule has 0 unspecified atom stereocenters. The van der Waals surface area contributed by atoms with Crippen molar-refractivity contribution in [2.75, 3.05) is 16.4 Å². The van der Waals surface area contributed by atoms with Gasteiger partial charge in [-0.25, -0.2) is 8.42 Å². The Labute approximate surface area is 191 Å². The number of carbonyl (C=O) groups is 1. The quantitative estimate of drug-likeness (QED) is 0.576. The smallest absolute Gasteiger partial charge is 0.252 e. The summed E-state index contributed by atoms with van der Waals surface area (Å²) >= 11 is 17.3. The van der Waals surface area contributed by atoms with Crippen molar-refractivity contribution >= 4 is 77.5 Å². The number of aliphatic imine (C=N–C) groups is 1. The molecule has 0 bridgehead atoms. The van der Waals surface area contributed by atoms with Crippen LogP contribution in [0.25, 0.3) is 0 Å². The minimum atomic E-state index is -3.15. The predicted molar refractivity (Wildman–Crippen MR) is 123 cm³/mol. The zero-order valence-electron chi connectivity index (χ0n) is 14.9. The lowest BCUT2D eigenvalue weighted by atomic mass is 10.1. The second-order valence-electron chi connectivity index (χ2n) is 6.82. The van der Waals surface area contributed by atoms with Crippen molar-refractivity contribution in [3.63, 3.8) is 0 Å². The standard InChI is InChI=1S/C19H15BrCl2N2O3S2/c20-12-5-6-15(14(22)8-12)24-16-9-29(26,27)10-17(16)28-19(24)23-18(25)7-11-3-1-2-4-13(11)21/h1-6,8,16-17H,7,9-10H2/t16-,17-/m1/s1. The summed E-state index contributed by atoms with van der Waals surface area (Å²) < 4.78 is 25.1. The van der Waals surface area contributed by atoms with E-state index < -0.39 is 9.84 Å². The molecule has 4 rings (SSSR count). The number of benzene rings is 2. The molecule has 5 nitrogen and oxygen atoms in total. The number of nitrogens with zero attached hydrogens (tertiary/aromatic N) is 2. The average molecular weight is 534 g/mol. The molecule has 29 heavy (non-hydrogen) atoms. The molecule has 0 aromatic heterocycles. The summed E-state index contributed by atoms with van der Waals surface area (Å²) in [5, 5.41) is 1.25. The highest BCUT2D eigenvalue weighted by Crippen LogP contribution is 2.43. The van der Waals surface area contributed by atoms with Crippen LogP contribution in [0.1, 0.15) is 5.56 Å². The van der Waals surface area contributed by atoms with E-state index in [9.17, 15) is 13.2 Å². The second-order valence-corrected chi connectivity index (χ2v) is 11.9. The van der Waals surface area contributed by atoms with Gasteiger partial charge < -0.3 is 4.90 Å². The lowest BCUT2D eigenvalue weighted by Crippen LogP contribution is -2.38. The predicted octanol–water partition coefficient (Wildman–Crippen LogP) is 4.60. The number of thioether (sulfide) groups is 1. The van der Waals surface area contributed by atoms with Crippen LogP contribution in [0.4, 0.5) is 5.69 Å². The Morgan fingerprint density at radius 3 is 2.66 bits per heavy atom. The number of sulfone groups is 1. The Kier molecular flexibility index (Phi) is 6.01. The molecule has 152 valence electrons. The van der Waals surface area contributed by atoms with Gasteiger partial charge in [0.05, 0.1) is 34.7 Å². The van der Waals surface area contributed by atoms with Crippen molar-refractivity contribution in [2.24, 2.45) is 4.99 Å². The van der Waals surface area contributed by atoms with E-state index in [0.29, 0.717) is 26.5 Å². The van der Waals surface area contributed by atoms with Crippen molar-refractivity contribution in [3.05, 3.63) is 62.5 Å². The zero-order chi connectivity index (χ0) is 20.8. The lowest BCUT2D eigenvalue weighted by molar-refractivity contribution is -0.117. The van der Waals surface area contributed by atoms with Crippen LogP contribution in [-0.4, -0.2) is 42.3 Å². The summed E-state index contributed by atoms with van der Waals surface area (Å²) in [6, 6.07) is 12.2. The summed E-state index contributed by atoms with van der Waals surface area (Å²) in [7, 11) is -3.15. The van der Waals surface area contributed by atoms with Crippen LogP contribution in [-0.2, 0) is 21.1 Å². The van der Waals surface area contributed by atoms with E-state index in [0.717, 1.165) is 4.47 Å². The van der Waals surface area contributed by atoms with E-state index in [-0.39, 0.29) is 35.1 Å². The number of anilines is 1. The van der Waals surface area contributed by atoms with Crippen molar-refractivity contribution in [3.8, 4) is 0 Å². The molecule has 2 aromatic rings. The molecule has 2 aliphatic heterocycles. The number of carbonyl (C=O) groups excluding carboxylic acids is 1. The largest absolute Gasteiger partial charge is 0.314 e. The van der Waals surface area contributed by atoms with Crippen LogP contribution in [0.3, 0.4) is 0 Å². The summed E-state index contributed by atoms with van der Waals surface area (Å²) in [5.74, 6) is -0.277. The molecule has 1 amide bonds. The van der Waals surface area contributed by atoms with Gasteiger partial charge in [-0.15, -0.1) is 0 Å². The number of hydrogen-bond donors (Lipinski definition) is 0. The van der Waals surface area contributed by atoms with Gasteiger partial charge in [0.1, 0.15) is 0 Å². The van der Waals surface area contributed by atoms with Crippen molar-refractivity contribution in [2.45, 2.75) is 17.7 Å². The van der Waals surface area contributed by atoms with Crippen molar-refractivity contribution < 1.29 is 13.2 Å². The van der Waals surface area contributed by atoms with Gasteiger partial charge in [-0.3, -0.25) is 4.79 Å². The molecule has 10 heteroatoms. The maximum absolute atomic E-state index is 12.6. The minimum absolute atomic E-state index is 0.00871. The van der Waals surface area contributed by atoms with Crippen LogP contribution < -0.4 is 4.90 Å². The average Bonchev–Trinajstić information content (AvgIpc) is 3.08. The number of hydrogen-bond acceptors (Lipinski definition) is 4. The third-order valence-electron chi connectivity index (χ3n) is 4.76. The Bertz CT molecular complexity index is 1120. The number of amides is 1. The number of fused-ring (bicyclic) bond motifs is 1. The number of halogens is 3. The van der Waals surface area contributed by atoms with Gasteiger partial charge in [-0.05, 0) is 29.8 Å². The Hall–Kier alpha value is -1.06. The molecular weight excluding hydrogens is 519 g/mol. The van der Waals surface area contributed by atoms with E-state index in [4.69, 9.17) is 23.2 Å². The molecule has 2 saturated heterocycles. The fourth-order valence-electron chi connectivity index (χ4n) is 3.47. The molecule has 0 radical (unpaired) electrons. The van der Waals surface area contributed by atoms with Gasteiger partial charge in [-0.2, -0.15) is 4.99 Å². The van der Waals surface area contributed by atoms with Crippen LogP contribution >= 0.6 is 50.9 Å². The molecule has 2 heterocycles. The second kappa shape index (κ2) is 8.23. The van der Waals surface area contributed by atoms with Gasteiger partial charge in [0.2, 0.25) is 0 Å². The Balaban J connectivity index is 1.68. The maximum atomic E-state index is 12.6. The van der Waals surface area contributed by atoms with Crippen LogP contribution in [0.2, 0.25) is 10.0 Å². The highest BCUT2D eigenvalue weighted by Gasteiger charge is 2.49. The minimum Gasteiger partial charge on any atom is -0.314 e. The summed E-state index contributed by atoms with van der Waals surface area (Å²) in [6.45, 7) is 0. The van der Waals surface area contributed by atoms with Crippen molar-refractivity contribution in [1.82, 2.24) is 0 Å². The summed E-state index contributed by atoms with van der Waals surface area (Å²) in [4.78, 5) is 18.7. The molecule has 0 spiro atoms. The summed E-state index contributed by atoms with van der Waals surface area (Å²) in [6.07, 6.45) is 0.0687. The van der Waals surface area contributed by atoms with Gasteiger partial charge >= 0.3 is 0 Å². The molecule has 0 N–H and O–H groups in total.